The zero-order valence-corrected chi connectivity index (χ0v) is 12.4. The SMILES string of the molecule is C[C@]12CC[C@@H]3c4c([O])cc(O)cc4CC[C@H]3[C@@H]1CCC2=O. The Morgan fingerprint density at radius 2 is 2.00 bits per heavy atom. The average Bonchev–Trinajstić information content (AvgIpc) is 2.74. The van der Waals surface area contributed by atoms with Crippen LogP contribution in [0.4, 0.5) is 0 Å². The number of Topliss-reactive ketones (excluding diaryl/α,β-unsaturated/α-hetero) is 1. The molecule has 1 N–H and O–H groups in total. The van der Waals surface area contributed by atoms with E-state index in [2.05, 4.69) is 6.92 Å². The molecule has 3 nitrogen and oxygen atoms in total. The van der Waals surface area contributed by atoms with Crippen LogP contribution in [0.5, 0.6) is 11.5 Å². The molecule has 2 saturated carbocycles. The third-order valence-electron chi connectivity index (χ3n) is 6.48. The Balaban J connectivity index is 1.77. The predicted molar refractivity (Wildman–Crippen MR) is 77.9 cm³/mol. The molecule has 0 aliphatic heterocycles. The van der Waals surface area contributed by atoms with Crippen LogP contribution in [-0.2, 0) is 16.3 Å². The Morgan fingerprint density at radius 1 is 1.19 bits per heavy atom. The van der Waals surface area contributed by atoms with Crippen LogP contribution in [0.25, 0.3) is 0 Å². The molecule has 2 fully saturated rings. The Labute approximate surface area is 125 Å². The first-order valence-corrected chi connectivity index (χ1v) is 8.07. The van der Waals surface area contributed by atoms with Crippen molar-refractivity contribution >= 4 is 5.78 Å². The number of phenolic OH excluding ortho intramolecular Hbond substituents is 1. The molecule has 3 heteroatoms. The number of fused-ring (bicyclic) bond motifs is 5. The van der Waals surface area contributed by atoms with Crippen molar-refractivity contribution < 1.29 is 15.0 Å². The maximum absolute atomic E-state index is 12.3. The molecule has 21 heavy (non-hydrogen) atoms. The smallest absolute Gasteiger partial charge is 0.186 e. The molecular weight excluding hydrogens is 264 g/mol. The highest BCUT2D eigenvalue weighted by atomic mass is 16.3. The van der Waals surface area contributed by atoms with E-state index >= 15 is 0 Å². The van der Waals surface area contributed by atoms with Crippen LogP contribution in [0.3, 0.4) is 0 Å². The van der Waals surface area contributed by atoms with Crippen molar-refractivity contribution in [2.75, 3.05) is 0 Å². The lowest BCUT2D eigenvalue weighted by Crippen LogP contribution is -2.42. The summed E-state index contributed by atoms with van der Waals surface area (Å²) in [6.07, 6.45) is 5.48. The quantitative estimate of drug-likeness (QED) is 0.784. The second kappa shape index (κ2) is 4.25. The predicted octanol–water partition coefficient (Wildman–Crippen LogP) is 3.96. The second-order valence-corrected chi connectivity index (χ2v) is 7.35. The minimum atomic E-state index is -0.140. The molecule has 1 radical (unpaired) electrons. The van der Waals surface area contributed by atoms with Crippen LogP contribution < -0.4 is 0 Å². The third-order valence-corrected chi connectivity index (χ3v) is 6.48. The van der Waals surface area contributed by atoms with Crippen molar-refractivity contribution in [2.45, 2.75) is 51.4 Å². The van der Waals surface area contributed by atoms with Gasteiger partial charge >= 0.3 is 0 Å². The molecular formula is C18H21O3. The normalized spacial score (nSPS) is 37.8. The molecule has 0 amide bonds. The van der Waals surface area contributed by atoms with Crippen LogP contribution in [0.15, 0.2) is 12.1 Å². The number of phenols is 1. The summed E-state index contributed by atoms with van der Waals surface area (Å²) >= 11 is 0. The van der Waals surface area contributed by atoms with Crippen molar-refractivity contribution in [3.63, 3.8) is 0 Å². The lowest BCUT2D eigenvalue weighted by atomic mass is 9.55. The van der Waals surface area contributed by atoms with Crippen LogP contribution in [0.1, 0.15) is 56.1 Å². The van der Waals surface area contributed by atoms with E-state index in [1.165, 1.54) is 6.07 Å². The van der Waals surface area contributed by atoms with Gasteiger partial charge in [-0.1, -0.05) is 6.92 Å². The maximum Gasteiger partial charge on any atom is 0.186 e. The summed E-state index contributed by atoms with van der Waals surface area (Å²) in [4.78, 5) is 12.3. The average molecular weight is 285 g/mol. The molecule has 0 unspecified atom stereocenters. The lowest BCUT2D eigenvalue weighted by molar-refractivity contribution is -0.129. The standard InChI is InChI=1S/C18H21O3/c1-18-7-6-13-12(14(18)4-5-16(18)21)3-2-10-8-11(19)9-15(20)17(10)13/h8-9,12-14,19H,2-7H2,1H3/t12-,13+,14+,18+/m1/s1. The van der Waals surface area contributed by atoms with Gasteiger partial charge in [0.2, 0.25) is 0 Å². The Hall–Kier alpha value is -1.51. The number of carbonyl (C=O) groups excluding carboxylic acids is 1. The van der Waals surface area contributed by atoms with Crippen molar-refractivity contribution in [1.82, 2.24) is 0 Å². The number of hydrogen-bond acceptors (Lipinski definition) is 2. The van der Waals surface area contributed by atoms with Crippen molar-refractivity contribution in [3.05, 3.63) is 23.3 Å². The van der Waals surface area contributed by atoms with Gasteiger partial charge in [0.1, 0.15) is 11.5 Å². The van der Waals surface area contributed by atoms with Gasteiger partial charge in [-0.2, -0.15) is 0 Å². The summed E-state index contributed by atoms with van der Waals surface area (Å²) in [7, 11) is 0. The highest BCUT2D eigenvalue weighted by Gasteiger charge is 2.55. The molecule has 0 saturated heterocycles. The van der Waals surface area contributed by atoms with Gasteiger partial charge in [-0.25, -0.2) is 0 Å². The lowest BCUT2D eigenvalue weighted by Gasteiger charge is -2.48. The number of carbonyl (C=O) groups is 1. The van der Waals surface area contributed by atoms with E-state index in [1.807, 2.05) is 0 Å². The Morgan fingerprint density at radius 3 is 2.81 bits per heavy atom. The minimum Gasteiger partial charge on any atom is -0.508 e. The first-order chi connectivity index (χ1) is 10.0. The summed E-state index contributed by atoms with van der Waals surface area (Å²) < 4.78 is 0. The number of hydrogen-bond donors (Lipinski definition) is 1. The molecule has 0 bridgehead atoms. The molecule has 1 aromatic carbocycles. The fourth-order valence-corrected chi connectivity index (χ4v) is 5.44. The third kappa shape index (κ3) is 1.69. The van der Waals surface area contributed by atoms with E-state index < -0.39 is 0 Å². The largest absolute Gasteiger partial charge is 0.508 e. The zero-order chi connectivity index (χ0) is 14.8. The van der Waals surface area contributed by atoms with Crippen LogP contribution in [0, 0.1) is 17.3 Å². The van der Waals surface area contributed by atoms with Gasteiger partial charge in [0.15, 0.2) is 5.75 Å². The van der Waals surface area contributed by atoms with E-state index in [1.54, 1.807) is 6.07 Å². The highest BCUT2D eigenvalue weighted by molar-refractivity contribution is 5.87. The van der Waals surface area contributed by atoms with E-state index in [4.69, 9.17) is 0 Å². The minimum absolute atomic E-state index is 0.00683. The number of rotatable bonds is 0. The van der Waals surface area contributed by atoms with Gasteiger partial charge in [0.05, 0.1) is 0 Å². The highest BCUT2D eigenvalue weighted by Crippen LogP contribution is 2.60. The maximum atomic E-state index is 12.3. The molecule has 4 rings (SSSR count). The second-order valence-electron chi connectivity index (χ2n) is 7.35. The van der Waals surface area contributed by atoms with Gasteiger partial charge < -0.3 is 5.11 Å². The molecule has 1 aromatic rings. The molecule has 0 aromatic heterocycles. The zero-order valence-electron chi connectivity index (χ0n) is 12.4. The molecule has 4 atom stereocenters. The topological polar surface area (TPSA) is 57.2 Å². The van der Waals surface area contributed by atoms with Crippen molar-refractivity contribution in [3.8, 4) is 11.5 Å². The van der Waals surface area contributed by atoms with Crippen molar-refractivity contribution in [2.24, 2.45) is 17.3 Å². The Bertz CT molecular complexity index is 621. The van der Waals surface area contributed by atoms with Crippen LogP contribution in [0.2, 0.25) is 0 Å². The molecule has 3 aliphatic carbocycles. The van der Waals surface area contributed by atoms with Gasteiger partial charge in [0, 0.05) is 23.5 Å². The van der Waals surface area contributed by atoms with Crippen LogP contribution >= 0.6 is 0 Å². The summed E-state index contributed by atoms with van der Waals surface area (Å²) in [6, 6.07) is 3.12. The van der Waals surface area contributed by atoms with E-state index in [9.17, 15) is 15.0 Å². The number of aryl methyl sites for hydroxylation is 1. The van der Waals surface area contributed by atoms with E-state index in [0.29, 0.717) is 23.5 Å². The van der Waals surface area contributed by atoms with Gasteiger partial charge in [-0.3, -0.25) is 9.90 Å². The number of aromatic hydroxyl groups is 1. The fraction of sp³-hybridized carbons (Fsp3) is 0.611. The monoisotopic (exact) mass is 285 g/mol. The first-order valence-electron chi connectivity index (χ1n) is 8.07. The summed E-state index contributed by atoms with van der Waals surface area (Å²) in [5.74, 6) is 1.74. The van der Waals surface area contributed by atoms with E-state index in [-0.39, 0.29) is 16.9 Å². The first kappa shape index (κ1) is 13.2. The molecule has 0 spiro atoms. The fourth-order valence-electron chi connectivity index (χ4n) is 5.44. The summed E-state index contributed by atoms with van der Waals surface area (Å²) in [6.45, 7) is 2.15. The van der Waals surface area contributed by atoms with Gasteiger partial charge in [-0.05, 0) is 61.5 Å². The van der Waals surface area contributed by atoms with E-state index in [0.717, 1.165) is 49.7 Å². The molecule has 0 heterocycles. The van der Waals surface area contributed by atoms with Crippen molar-refractivity contribution in [1.29, 1.82) is 0 Å². The number of benzene rings is 1. The Kier molecular flexibility index (Phi) is 2.66. The summed E-state index contributed by atoms with van der Waals surface area (Å²) in [5, 5.41) is 22.0. The summed E-state index contributed by atoms with van der Waals surface area (Å²) in [5.41, 5.74) is 1.83. The molecule has 111 valence electrons. The van der Waals surface area contributed by atoms with Gasteiger partial charge in [0.25, 0.3) is 0 Å². The van der Waals surface area contributed by atoms with Crippen LogP contribution in [-0.4, -0.2) is 10.9 Å². The van der Waals surface area contributed by atoms with Gasteiger partial charge in [-0.15, -0.1) is 0 Å². The number of ketones is 1. The molecule has 3 aliphatic rings.